The van der Waals surface area contributed by atoms with Crippen LogP contribution in [0.1, 0.15) is 18.1 Å². The van der Waals surface area contributed by atoms with E-state index in [0.717, 1.165) is 22.1 Å². The first-order chi connectivity index (χ1) is 10.6. The largest absolute Gasteiger partial charge is 0.454 e. The molecular formula is C19H18N2O. The maximum atomic E-state index is 6.00. The van der Waals surface area contributed by atoms with Crippen molar-refractivity contribution < 1.29 is 4.42 Å². The highest BCUT2D eigenvalue weighted by atomic mass is 16.3. The number of allylic oxidation sites excluding steroid dienone is 2. The fourth-order valence-corrected chi connectivity index (χ4v) is 3.27. The summed E-state index contributed by atoms with van der Waals surface area (Å²) in [6.45, 7) is 4.38. The lowest BCUT2D eigenvalue weighted by Crippen LogP contribution is -2.37. The minimum atomic E-state index is -0.167. The van der Waals surface area contributed by atoms with E-state index >= 15 is 0 Å². The molecule has 1 aliphatic heterocycles. The van der Waals surface area contributed by atoms with Gasteiger partial charge >= 0.3 is 0 Å². The van der Waals surface area contributed by atoms with Gasteiger partial charge < -0.3 is 9.32 Å². The molecule has 0 bridgehead atoms. The fourth-order valence-electron chi connectivity index (χ4n) is 3.27. The van der Waals surface area contributed by atoms with Crippen molar-refractivity contribution in [1.82, 2.24) is 9.88 Å². The number of hydrogen-bond donors (Lipinski definition) is 0. The Kier molecular flexibility index (Phi) is 2.67. The van der Waals surface area contributed by atoms with Crippen LogP contribution in [-0.4, -0.2) is 16.9 Å². The predicted octanol–water partition coefficient (Wildman–Crippen LogP) is 4.52. The number of rotatable bonds is 1. The van der Waals surface area contributed by atoms with E-state index in [4.69, 9.17) is 4.42 Å². The smallest absolute Gasteiger partial charge is 0.153 e. The third-order valence-corrected chi connectivity index (χ3v) is 4.69. The highest BCUT2D eigenvalue weighted by molar-refractivity contribution is 6.02. The summed E-state index contributed by atoms with van der Waals surface area (Å²) >= 11 is 0. The summed E-state index contributed by atoms with van der Waals surface area (Å²) in [5, 5.41) is 1.08. The molecule has 0 saturated heterocycles. The van der Waals surface area contributed by atoms with Crippen molar-refractivity contribution >= 4 is 22.1 Å². The lowest BCUT2D eigenvalue weighted by Gasteiger charge is -2.39. The Morgan fingerprint density at radius 1 is 1.18 bits per heavy atom. The quantitative estimate of drug-likeness (QED) is 0.660. The molecular weight excluding hydrogens is 272 g/mol. The summed E-state index contributed by atoms with van der Waals surface area (Å²) < 4.78 is 6.00. The van der Waals surface area contributed by atoms with Crippen LogP contribution in [0.15, 0.2) is 59.3 Å². The Labute approximate surface area is 129 Å². The molecule has 3 heterocycles. The third-order valence-electron chi connectivity index (χ3n) is 4.69. The first kappa shape index (κ1) is 13.1. The first-order valence-corrected chi connectivity index (χ1v) is 7.47. The number of hydrogen-bond acceptors (Lipinski definition) is 3. The molecule has 0 aliphatic carbocycles. The molecule has 3 nitrogen and oxygen atoms in total. The van der Waals surface area contributed by atoms with Crippen LogP contribution in [0.3, 0.4) is 0 Å². The van der Waals surface area contributed by atoms with Gasteiger partial charge in [-0.25, -0.2) is 0 Å². The highest BCUT2D eigenvalue weighted by Gasteiger charge is 2.30. The number of fused-ring (bicyclic) bond motifs is 3. The number of aryl methyl sites for hydroxylation is 1. The van der Waals surface area contributed by atoms with Gasteiger partial charge in [0, 0.05) is 18.6 Å². The Balaban J connectivity index is 2.00. The predicted molar refractivity (Wildman–Crippen MR) is 89.6 cm³/mol. The minimum Gasteiger partial charge on any atom is -0.454 e. The average Bonchev–Trinajstić information content (AvgIpc) is 2.87. The van der Waals surface area contributed by atoms with Crippen LogP contribution >= 0.6 is 0 Å². The molecule has 1 aromatic carbocycles. The summed E-state index contributed by atoms with van der Waals surface area (Å²) in [6.07, 6.45) is 10.3. The normalized spacial score (nSPS) is 21.1. The van der Waals surface area contributed by atoms with Crippen molar-refractivity contribution in [2.45, 2.75) is 19.4 Å². The Morgan fingerprint density at radius 3 is 2.86 bits per heavy atom. The van der Waals surface area contributed by atoms with Crippen molar-refractivity contribution in [1.29, 1.82) is 0 Å². The lowest BCUT2D eigenvalue weighted by atomic mass is 9.85. The van der Waals surface area contributed by atoms with Crippen molar-refractivity contribution in [3.8, 4) is 0 Å². The van der Waals surface area contributed by atoms with E-state index in [-0.39, 0.29) is 5.54 Å². The monoisotopic (exact) mass is 290 g/mol. The molecule has 2 aromatic heterocycles. The third kappa shape index (κ3) is 1.72. The van der Waals surface area contributed by atoms with Gasteiger partial charge in [0.25, 0.3) is 0 Å². The maximum absolute atomic E-state index is 6.00. The number of aromatic nitrogens is 1. The number of benzene rings is 1. The minimum absolute atomic E-state index is 0.167. The maximum Gasteiger partial charge on any atom is 0.153 e. The Bertz CT molecular complexity index is 935. The molecule has 1 aliphatic rings. The van der Waals surface area contributed by atoms with E-state index in [0.29, 0.717) is 0 Å². The van der Waals surface area contributed by atoms with Crippen LogP contribution < -0.4 is 0 Å². The molecule has 1 atom stereocenters. The summed E-state index contributed by atoms with van der Waals surface area (Å²) in [5.41, 5.74) is 5.00. The summed E-state index contributed by atoms with van der Waals surface area (Å²) in [7, 11) is 2.10. The summed E-state index contributed by atoms with van der Waals surface area (Å²) in [4.78, 5) is 6.68. The molecule has 4 rings (SSSR count). The second-order valence-electron chi connectivity index (χ2n) is 6.07. The van der Waals surface area contributed by atoms with Crippen LogP contribution in [0, 0.1) is 6.92 Å². The van der Waals surface area contributed by atoms with E-state index in [1.54, 1.807) is 0 Å². The van der Waals surface area contributed by atoms with E-state index < -0.39 is 0 Å². The Hall–Kier alpha value is -2.55. The molecule has 0 N–H and O–H groups in total. The molecule has 1 unspecified atom stereocenters. The zero-order valence-electron chi connectivity index (χ0n) is 13.0. The fraction of sp³-hybridized carbons (Fsp3) is 0.211. The lowest BCUT2D eigenvalue weighted by molar-refractivity contribution is 0.261. The number of pyridine rings is 1. The summed E-state index contributed by atoms with van der Waals surface area (Å²) in [5.74, 6) is 0. The van der Waals surface area contributed by atoms with Crippen LogP contribution in [0.25, 0.3) is 22.1 Å². The number of likely N-dealkylation sites (N-methyl/N-ethyl adjacent to an activating group) is 1. The van der Waals surface area contributed by atoms with Gasteiger partial charge in [-0.3, -0.25) is 4.98 Å². The van der Waals surface area contributed by atoms with E-state index in [1.165, 1.54) is 11.1 Å². The standard InChI is InChI=1S/C19H18N2O/c1-13-11-14-17(22-16-7-6-9-20-18(14)16)12-15(13)19(2)8-4-5-10-21(19)3/h4-12H,1-3H3. The van der Waals surface area contributed by atoms with Crippen LogP contribution in [0.5, 0.6) is 0 Å². The molecule has 3 heteroatoms. The molecule has 3 aromatic rings. The molecule has 110 valence electrons. The van der Waals surface area contributed by atoms with Crippen molar-refractivity contribution in [3.63, 3.8) is 0 Å². The van der Waals surface area contributed by atoms with Crippen molar-refractivity contribution in [2.24, 2.45) is 0 Å². The summed E-state index contributed by atoms with van der Waals surface area (Å²) in [6, 6.07) is 8.22. The van der Waals surface area contributed by atoms with E-state index in [9.17, 15) is 0 Å². The van der Waals surface area contributed by atoms with Crippen LogP contribution in [-0.2, 0) is 5.54 Å². The Morgan fingerprint density at radius 2 is 2.05 bits per heavy atom. The van der Waals surface area contributed by atoms with Gasteiger partial charge in [0.2, 0.25) is 0 Å². The molecule has 0 amide bonds. The number of furan rings is 1. The molecule has 0 spiro atoms. The van der Waals surface area contributed by atoms with Gasteiger partial charge in [-0.15, -0.1) is 0 Å². The number of nitrogens with zero attached hydrogens (tertiary/aromatic N) is 2. The molecule has 22 heavy (non-hydrogen) atoms. The average molecular weight is 290 g/mol. The van der Waals surface area contributed by atoms with Crippen LogP contribution in [0.2, 0.25) is 0 Å². The molecule has 0 radical (unpaired) electrons. The van der Waals surface area contributed by atoms with Crippen molar-refractivity contribution in [2.75, 3.05) is 7.05 Å². The molecule has 0 fully saturated rings. The van der Waals surface area contributed by atoms with Gasteiger partial charge in [0.15, 0.2) is 5.58 Å². The van der Waals surface area contributed by atoms with Gasteiger partial charge in [-0.05, 0) is 61.5 Å². The topological polar surface area (TPSA) is 29.3 Å². The zero-order valence-corrected chi connectivity index (χ0v) is 13.0. The molecule has 0 saturated carbocycles. The second-order valence-corrected chi connectivity index (χ2v) is 6.07. The van der Waals surface area contributed by atoms with Gasteiger partial charge in [-0.1, -0.05) is 12.2 Å². The highest BCUT2D eigenvalue weighted by Crippen LogP contribution is 2.37. The van der Waals surface area contributed by atoms with E-state index in [2.05, 4.69) is 67.3 Å². The first-order valence-electron chi connectivity index (χ1n) is 7.47. The van der Waals surface area contributed by atoms with E-state index in [1.807, 2.05) is 18.3 Å². The van der Waals surface area contributed by atoms with Gasteiger partial charge in [0.05, 0.1) is 5.54 Å². The zero-order chi connectivity index (χ0) is 15.3. The van der Waals surface area contributed by atoms with Crippen LogP contribution in [0.4, 0.5) is 0 Å². The van der Waals surface area contributed by atoms with Gasteiger partial charge in [0.1, 0.15) is 11.1 Å². The SMILES string of the molecule is Cc1cc2c(cc1C1(C)C=CC=CN1C)oc1cccnc12. The van der Waals surface area contributed by atoms with Crippen molar-refractivity contribution in [3.05, 3.63) is 66.0 Å². The second kappa shape index (κ2) is 4.47. The van der Waals surface area contributed by atoms with Gasteiger partial charge in [-0.2, -0.15) is 0 Å².